The number of carbonyl (C=O) groups excluding carboxylic acids is 2. The molecule has 0 heterocycles. The van der Waals surface area contributed by atoms with Crippen molar-refractivity contribution in [2.24, 2.45) is 5.10 Å². The Morgan fingerprint density at radius 3 is 2.35 bits per heavy atom. The van der Waals surface area contributed by atoms with Gasteiger partial charge in [0.2, 0.25) is 0 Å². The van der Waals surface area contributed by atoms with Crippen molar-refractivity contribution in [1.29, 1.82) is 0 Å². The van der Waals surface area contributed by atoms with Gasteiger partial charge in [0.1, 0.15) is 17.4 Å². The van der Waals surface area contributed by atoms with Gasteiger partial charge in [-0.2, -0.15) is 5.10 Å². The Kier molecular flexibility index (Phi) is 9.02. The maximum Gasteiger partial charge on any atom is 0.408 e. The third-order valence-corrected chi connectivity index (χ3v) is 3.91. The Morgan fingerprint density at radius 2 is 1.74 bits per heavy atom. The highest BCUT2D eigenvalue weighted by molar-refractivity contribution is 5.87. The van der Waals surface area contributed by atoms with E-state index >= 15 is 0 Å². The molecular formula is C23H29N3O5. The van der Waals surface area contributed by atoms with Crippen LogP contribution in [0.3, 0.4) is 0 Å². The van der Waals surface area contributed by atoms with Crippen LogP contribution in [-0.2, 0) is 20.9 Å². The lowest BCUT2D eigenvalue weighted by Crippen LogP contribution is -2.49. The van der Waals surface area contributed by atoms with Gasteiger partial charge in [0.25, 0.3) is 5.91 Å². The zero-order valence-corrected chi connectivity index (χ0v) is 18.3. The lowest BCUT2D eigenvalue weighted by molar-refractivity contribution is -0.124. The second-order valence-corrected chi connectivity index (χ2v) is 7.71. The predicted octanol–water partition coefficient (Wildman–Crippen LogP) is 3.26. The molecule has 0 radical (unpaired) electrons. The third kappa shape index (κ3) is 9.31. The molecular weight excluding hydrogens is 398 g/mol. The standard InChI is InChI=1S/C23H29N3O5/c1-23(2,3)31-22(28)25-20(16-30-15-18-8-6-5-7-9-18)21(27)26-24-14-17-10-12-19(29-4)13-11-17/h5-14,20H,15-16H2,1-4H3,(H,25,28)(H,26,27)/b24-14-/t20-/m0/s1. The van der Waals surface area contributed by atoms with Crippen molar-refractivity contribution in [3.8, 4) is 5.75 Å². The van der Waals surface area contributed by atoms with Crippen molar-refractivity contribution in [2.45, 2.75) is 39.0 Å². The van der Waals surface area contributed by atoms with E-state index in [1.165, 1.54) is 6.21 Å². The van der Waals surface area contributed by atoms with E-state index in [1.807, 2.05) is 30.3 Å². The average molecular weight is 428 g/mol. The van der Waals surface area contributed by atoms with Crippen LogP contribution in [0.5, 0.6) is 5.75 Å². The van der Waals surface area contributed by atoms with Gasteiger partial charge in [-0.3, -0.25) is 4.79 Å². The van der Waals surface area contributed by atoms with Crippen LogP contribution in [0.4, 0.5) is 4.79 Å². The van der Waals surface area contributed by atoms with E-state index in [1.54, 1.807) is 52.1 Å². The minimum atomic E-state index is -0.980. The number of nitrogens with zero attached hydrogens (tertiary/aromatic N) is 1. The number of hydrazone groups is 1. The summed E-state index contributed by atoms with van der Waals surface area (Å²) in [6, 6.07) is 15.7. The third-order valence-electron chi connectivity index (χ3n) is 3.91. The van der Waals surface area contributed by atoms with Crippen LogP contribution in [0, 0.1) is 0 Å². The number of hydrogen-bond donors (Lipinski definition) is 2. The molecule has 0 aliphatic carbocycles. The zero-order chi connectivity index (χ0) is 22.7. The van der Waals surface area contributed by atoms with Crippen LogP contribution >= 0.6 is 0 Å². The summed E-state index contributed by atoms with van der Waals surface area (Å²) in [5, 5.41) is 6.49. The summed E-state index contributed by atoms with van der Waals surface area (Å²) < 4.78 is 16.0. The molecule has 0 aromatic heterocycles. The van der Waals surface area contributed by atoms with Crippen molar-refractivity contribution in [3.05, 3.63) is 65.7 Å². The molecule has 31 heavy (non-hydrogen) atoms. The van der Waals surface area contributed by atoms with Gasteiger partial charge >= 0.3 is 6.09 Å². The Bertz CT molecular complexity index is 861. The molecule has 0 fully saturated rings. The summed E-state index contributed by atoms with van der Waals surface area (Å²) in [6.45, 7) is 5.49. The van der Waals surface area contributed by atoms with E-state index in [0.717, 1.165) is 16.9 Å². The van der Waals surface area contributed by atoms with Gasteiger partial charge in [-0.15, -0.1) is 0 Å². The molecule has 0 saturated heterocycles. The van der Waals surface area contributed by atoms with Gasteiger partial charge in [-0.05, 0) is 56.2 Å². The van der Waals surface area contributed by atoms with Crippen LogP contribution in [0.1, 0.15) is 31.9 Å². The molecule has 0 aliphatic heterocycles. The van der Waals surface area contributed by atoms with Gasteiger partial charge in [0.05, 0.1) is 26.5 Å². The van der Waals surface area contributed by atoms with Gasteiger partial charge in [0.15, 0.2) is 0 Å². The molecule has 0 aliphatic rings. The number of nitrogens with one attached hydrogen (secondary N) is 2. The predicted molar refractivity (Wildman–Crippen MR) is 118 cm³/mol. The smallest absolute Gasteiger partial charge is 0.408 e. The van der Waals surface area contributed by atoms with Crippen molar-refractivity contribution >= 4 is 18.2 Å². The SMILES string of the molecule is COc1ccc(/C=N\NC(=O)[C@H](COCc2ccccc2)NC(=O)OC(C)(C)C)cc1. The number of amides is 2. The monoisotopic (exact) mass is 427 g/mol. The van der Waals surface area contributed by atoms with E-state index in [9.17, 15) is 9.59 Å². The zero-order valence-electron chi connectivity index (χ0n) is 18.3. The quantitative estimate of drug-likeness (QED) is 0.473. The molecule has 0 bridgehead atoms. The highest BCUT2D eigenvalue weighted by Gasteiger charge is 2.24. The van der Waals surface area contributed by atoms with Crippen molar-refractivity contribution in [1.82, 2.24) is 10.7 Å². The molecule has 0 spiro atoms. The van der Waals surface area contributed by atoms with Crippen LogP contribution in [0.2, 0.25) is 0 Å². The molecule has 0 saturated carbocycles. The van der Waals surface area contributed by atoms with Gasteiger partial charge in [-0.1, -0.05) is 30.3 Å². The normalized spacial score (nSPS) is 12.3. The Labute approximate surface area is 182 Å². The maximum absolute atomic E-state index is 12.6. The second kappa shape index (κ2) is 11.7. The van der Waals surface area contributed by atoms with Crippen molar-refractivity contribution < 1.29 is 23.8 Å². The highest BCUT2D eigenvalue weighted by Crippen LogP contribution is 2.10. The van der Waals surface area contributed by atoms with Crippen LogP contribution in [0.25, 0.3) is 0 Å². The van der Waals surface area contributed by atoms with Crippen LogP contribution < -0.4 is 15.5 Å². The van der Waals surface area contributed by atoms with Crippen molar-refractivity contribution in [2.75, 3.05) is 13.7 Å². The van der Waals surface area contributed by atoms with E-state index in [0.29, 0.717) is 6.61 Å². The number of hydrogen-bond acceptors (Lipinski definition) is 6. The molecule has 2 N–H and O–H groups in total. The molecule has 166 valence electrons. The molecule has 2 aromatic carbocycles. The highest BCUT2D eigenvalue weighted by atomic mass is 16.6. The van der Waals surface area contributed by atoms with Gasteiger partial charge in [-0.25, -0.2) is 10.2 Å². The largest absolute Gasteiger partial charge is 0.497 e. The fourth-order valence-corrected chi connectivity index (χ4v) is 2.44. The summed E-state index contributed by atoms with van der Waals surface area (Å²) in [5.41, 5.74) is 3.46. The minimum absolute atomic E-state index is 0.0436. The summed E-state index contributed by atoms with van der Waals surface area (Å²) >= 11 is 0. The van der Waals surface area contributed by atoms with E-state index in [-0.39, 0.29) is 6.61 Å². The first-order valence-electron chi connectivity index (χ1n) is 9.85. The number of ether oxygens (including phenoxy) is 3. The number of methoxy groups -OCH3 is 1. The van der Waals surface area contributed by atoms with Crippen LogP contribution in [0.15, 0.2) is 59.7 Å². The second-order valence-electron chi connectivity index (χ2n) is 7.71. The van der Waals surface area contributed by atoms with Gasteiger partial charge in [0, 0.05) is 0 Å². The summed E-state index contributed by atoms with van der Waals surface area (Å²) in [4.78, 5) is 24.7. The lowest BCUT2D eigenvalue weighted by atomic mass is 10.2. The number of rotatable bonds is 9. The molecule has 8 heteroatoms. The molecule has 0 unspecified atom stereocenters. The molecule has 2 aromatic rings. The summed E-state index contributed by atoms with van der Waals surface area (Å²) in [7, 11) is 1.58. The Morgan fingerprint density at radius 1 is 1.06 bits per heavy atom. The van der Waals surface area contributed by atoms with Gasteiger partial charge < -0.3 is 19.5 Å². The van der Waals surface area contributed by atoms with Crippen molar-refractivity contribution in [3.63, 3.8) is 0 Å². The summed E-state index contributed by atoms with van der Waals surface area (Å²) in [6.07, 6.45) is 0.780. The number of benzene rings is 2. The lowest BCUT2D eigenvalue weighted by Gasteiger charge is -2.22. The average Bonchev–Trinajstić information content (AvgIpc) is 2.73. The fourth-order valence-electron chi connectivity index (χ4n) is 2.44. The van der Waals surface area contributed by atoms with Crippen LogP contribution in [-0.4, -0.2) is 43.6 Å². The minimum Gasteiger partial charge on any atom is -0.497 e. The molecule has 8 nitrogen and oxygen atoms in total. The van der Waals surface area contributed by atoms with E-state index in [2.05, 4.69) is 15.8 Å². The topological polar surface area (TPSA) is 98.3 Å². The fraction of sp³-hybridized carbons (Fsp3) is 0.348. The van der Waals surface area contributed by atoms with E-state index < -0.39 is 23.6 Å². The first-order valence-corrected chi connectivity index (χ1v) is 9.85. The number of carbonyl (C=O) groups is 2. The summed E-state index contributed by atoms with van der Waals surface area (Å²) in [5.74, 6) is 0.196. The van der Waals surface area contributed by atoms with E-state index in [4.69, 9.17) is 14.2 Å². The Balaban J connectivity index is 1.96. The molecule has 1 atom stereocenters. The Hall–Kier alpha value is -3.39. The maximum atomic E-state index is 12.6. The first-order chi connectivity index (χ1) is 14.8. The number of alkyl carbamates (subject to hydrolysis) is 1. The molecule has 2 rings (SSSR count). The first kappa shape index (κ1) is 23.9. The molecule has 2 amide bonds.